The average Bonchev–Trinajstić information content (AvgIpc) is 3.11. The highest BCUT2D eigenvalue weighted by molar-refractivity contribution is 5.58. The molecule has 2 fully saturated rings. The fraction of sp³-hybridized carbons (Fsp3) is 0.900. The fourth-order valence-electron chi connectivity index (χ4n) is 3.10. The molecular formula is C20H36O6. The lowest BCUT2D eigenvalue weighted by Crippen LogP contribution is -2.38. The van der Waals surface area contributed by atoms with Crippen LogP contribution in [0.4, 0.5) is 0 Å². The van der Waals surface area contributed by atoms with E-state index >= 15 is 0 Å². The molecule has 0 aliphatic carbocycles. The average molecular weight is 373 g/mol. The summed E-state index contributed by atoms with van der Waals surface area (Å²) in [5.41, 5.74) is 0. The van der Waals surface area contributed by atoms with Gasteiger partial charge in [-0.3, -0.25) is 0 Å². The quantitative estimate of drug-likeness (QED) is 0.666. The largest absolute Gasteiger partial charge is 0.348 e. The Bertz CT molecular complexity index is 461. The molecule has 2 saturated heterocycles. The summed E-state index contributed by atoms with van der Waals surface area (Å²) in [6.07, 6.45) is 1.74. The number of hydrogen-bond acceptors (Lipinski definition) is 6. The van der Waals surface area contributed by atoms with Crippen molar-refractivity contribution in [2.24, 2.45) is 17.8 Å². The van der Waals surface area contributed by atoms with Crippen LogP contribution in [0.5, 0.6) is 0 Å². The van der Waals surface area contributed by atoms with Gasteiger partial charge in [0.15, 0.2) is 17.9 Å². The van der Waals surface area contributed by atoms with Crippen molar-refractivity contribution in [3.8, 4) is 0 Å². The first-order valence-corrected chi connectivity index (χ1v) is 9.54. The lowest BCUT2D eigenvalue weighted by Gasteiger charge is -2.22. The topological polar surface area (TPSA) is 71.1 Å². The van der Waals surface area contributed by atoms with Crippen molar-refractivity contribution >= 4 is 12.6 Å². The number of carbonyl (C=O) groups excluding carboxylic acids is 2. The van der Waals surface area contributed by atoms with Crippen LogP contribution in [-0.2, 0) is 28.5 Å². The summed E-state index contributed by atoms with van der Waals surface area (Å²) in [7, 11) is 0. The number of rotatable bonds is 6. The molecule has 0 aromatic heterocycles. The van der Waals surface area contributed by atoms with Crippen molar-refractivity contribution in [1.29, 1.82) is 0 Å². The molecule has 6 atom stereocenters. The Hall–Kier alpha value is -0.820. The zero-order valence-corrected chi connectivity index (χ0v) is 17.5. The first kappa shape index (κ1) is 23.2. The van der Waals surface area contributed by atoms with Crippen molar-refractivity contribution in [2.45, 2.75) is 91.7 Å². The highest BCUT2D eigenvalue weighted by Gasteiger charge is 2.49. The molecule has 0 bridgehead atoms. The molecule has 0 saturated carbocycles. The van der Waals surface area contributed by atoms with Crippen molar-refractivity contribution in [1.82, 2.24) is 0 Å². The molecule has 0 aromatic carbocycles. The zero-order chi connectivity index (χ0) is 20.1. The minimum Gasteiger partial charge on any atom is -0.348 e. The second kappa shape index (κ2) is 9.40. The molecule has 2 rings (SSSR count). The van der Waals surface area contributed by atoms with Gasteiger partial charge in [-0.1, -0.05) is 34.1 Å². The molecule has 2 aliphatic heterocycles. The van der Waals surface area contributed by atoms with Crippen LogP contribution in [0.15, 0.2) is 0 Å². The van der Waals surface area contributed by atoms with E-state index in [1.165, 1.54) is 6.42 Å². The number of aldehydes is 2. The van der Waals surface area contributed by atoms with Gasteiger partial charge in [-0.05, 0) is 39.5 Å². The first-order chi connectivity index (χ1) is 12.0. The lowest BCUT2D eigenvalue weighted by molar-refractivity contribution is -0.174. The number of hydrogen-bond donors (Lipinski definition) is 0. The van der Waals surface area contributed by atoms with Gasteiger partial charge in [0.1, 0.15) is 24.6 Å². The van der Waals surface area contributed by atoms with Crippen molar-refractivity contribution < 1.29 is 28.5 Å². The fourth-order valence-corrected chi connectivity index (χ4v) is 3.10. The van der Waals surface area contributed by atoms with Gasteiger partial charge in [0, 0.05) is 5.92 Å². The van der Waals surface area contributed by atoms with Gasteiger partial charge in [-0.2, -0.15) is 0 Å². The minimum atomic E-state index is -0.744. The predicted molar refractivity (Wildman–Crippen MR) is 98.6 cm³/mol. The molecular weight excluding hydrogens is 336 g/mol. The Morgan fingerprint density at radius 2 is 1.62 bits per heavy atom. The van der Waals surface area contributed by atoms with Crippen LogP contribution < -0.4 is 0 Å². The molecule has 0 radical (unpaired) electrons. The van der Waals surface area contributed by atoms with Gasteiger partial charge in [-0.15, -0.1) is 0 Å². The van der Waals surface area contributed by atoms with E-state index in [9.17, 15) is 9.59 Å². The third-order valence-corrected chi connectivity index (χ3v) is 5.28. The molecule has 6 heteroatoms. The maximum absolute atomic E-state index is 10.9. The molecule has 0 spiro atoms. The van der Waals surface area contributed by atoms with Gasteiger partial charge in [0.05, 0.1) is 6.61 Å². The van der Waals surface area contributed by atoms with Crippen LogP contribution in [0.1, 0.15) is 61.8 Å². The van der Waals surface area contributed by atoms with E-state index in [0.717, 1.165) is 12.6 Å². The maximum Gasteiger partial charge on any atom is 0.164 e. The van der Waals surface area contributed by atoms with E-state index in [1.807, 2.05) is 20.8 Å². The van der Waals surface area contributed by atoms with Crippen LogP contribution in [-0.4, -0.2) is 49.1 Å². The van der Waals surface area contributed by atoms with Gasteiger partial charge in [0.2, 0.25) is 0 Å². The number of carbonyl (C=O) groups is 2. The van der Waals surface area contributed by atoms with E-state index in [4.69, 9.17) is 18.9 Å². The molecule has 0 amide bonds. The SMILES string of the molecule is CC1(C)OCC([C@H]2OC(C)(C)O[C@H]2C=O)O1.CCC(C)C(C)C(C)C=O. The molecule has 2 heterocycles. The van der Waals surface area contributed by atoms with E-state index in [1.54, 1.807) is 13.8 Å². The van der Waals surface area contributed by atoms with Gasteiger partial charge in [0.25, 0.3) is 0 Å². The highest BCUT2D eigenvalue weighted by Crippen LogP contribution is 2.34. The highest BCUT2D eigenvalue weighted by atomic mass is 16.8. The van der Waals surface area contributed by atoms with Gasteiger partial charge < -0.3 is 28.5 Å². The third kappa shape index (κ3) is 6.41. The second-order valence-corrected chi connectivity index (χ2v) is 8.31. The van der Waals surface area contributed by atoms with Gasteiger partial charge in [-0.25, -0.2) is 0 Å². The van der Waals surface area contributed by atoms with Crippen LogP contribution in [0.3, 0.4) is 0 Å². The van der Waals surface area contributed by atoms with Crippen LogP contribution in [0.25, 0.3) is 0 Å². The first-order valence-electron chi connectivity index (χ1n) is 9.54. The summed E-state index contributed by atoms with van der Waals surface area (Å²) in [5, 5.41) is 0. The minimum absolute atomic E-state index is 0.218. The summed E-state index contributed by atoms with van der Waals surface area (Å²) in [6, 6.07) is 0. The Morgan fingerprint density at radius 1 is 1.00 bits per heavy atom. The van der Waals surface area contributed by atoms with E-state index in [-0.39, 0.29) is 12.0 Å². The smallest absolute Gasteiger partial charge is 0.164 e. The summed E-state index contributed by atoms with van der Waals surface area (Å²) in [6.45, 7) is 16.2. The van der Waals surface area contributed by atoms with E-state index in [2.05, 4.69) is 20.8 Å². The normalized spacial score (nSPS) is 32.8. The molecule has 4 unspecified atom stereocenters. The van der Waals surface area contributed by atoms with E-state index < -0.39 is 23.8 Å². The van der Waals surface area contributed by atoms with Gasteiger partial charge >= 0.3 is 0 Å². The second-order valence-electron chi connectivity index (χ2n) is 8.31. The molecule has 152 valence electrons. The monoisotopic (exact) mass is 372 g/mol. The van der Waals surface area contributed by atoms with Crippen LogP contribution >= 0.6 is 0 Å². The number of ether oxygens (including phenoxy) is 4. The summed E-state index contributed by atoms with van der Waals surface area (Å²) in [5.74, 6) is 0.0539. The molecule has 0 N–H and O–H groups in total. The Labute approximate surface area is 157 Å². The summed E-state index contributed by atoms with van der Waals surface area (Å²) >= 11 is 0. The lowest BCUT2D eigenvalue weighted by atomic mass is 9.84. The molecule has 26 heavy (non-hydrogen) atoms. The zero-order valence-electron chi connectivity index (χ0n) is 17.5. The summed E-state index contributed by atoms with van der Waals surface area (Å²) in [4.78, 5) is 21.3. The van der Waals surface area contributed by atoms with Crippen LogP contribution in [0, 0.1) is 17.8 Å². The van der Waals surface area contributed by atoms with E-state index in [0.29, 0.717) is 18.4 Å². The standard InChI is InChI=1S/C11H18O5.C9H18O/c1-10(2)13-6-8(15-10)9-7(5-12)14-11(3,4)16-9;1-5-7(2)9(4)8(3)6-10/h5,7-9H,6H2,1-4H3;6-9H,5H2,1-4H3/t7-,8?,9-;/m0./s1. The Balaban J connectivity index is 0.000000294. The summed E-state index contributed by atoms with van der Waals surface area (Å²) < 4.78 is 22.3. The Morgan fingerprint density at radius 3 is 2.04 bits per heavy atom. The van der Waals surface area contributed by atoms with Crippen molar-refractivity contribution in [3.05, 3.63) is 0 Å². The van der Waals surface area contributed by atoms with Crippen molar-refractivity contribution in [3.63, 3.8) is 0 Å². The maximum atomic E-state index is 10.9. The third-order valence-electron chi connectivity index (χ3n) is 5.28. The molecule has 6 nitrogen and oxygen atoms in total. The van der Waals surface area contributed by atoms with Crippen molar-refractivity contribution in [2.75, 3.05) is 6.61 Å². The molecule has 0 aromatic rings. The van der Waals surface area contributed by atoms with Crippen LogP contribution in [0.2, 0.25) is 0 Å². The molecule has 2 aliphatic rings. The predicted octanol–water partition coefficient (Wildman–Crippen LogP) is 3.36. The Kier molecular flexibility index (Phi) is 8.39.